The zero-order valence-electron chi connectivity index (χ0n) is 18.4. The first-order chi connectivity index (χ1) is 13.7. The Bertz CT molecular complexity index is 817. The lowest BCUT2D eigenvalue weighted by Crippen LogP contribution is -2.49. The Morgan fingerprint density at radius 3 is 2.37 bits per heavy atom. The maximum absolute atomic E-state index is 14.0. The Labute approximate surface area is 186 Å². The van der Waals surface area contributed by atoms with Crippen LogP contribution in [0.25, 0.3) is 0 Å². The second kappa shape index (κ2) is 10.5. The molecule has 1 saturated heterocycles. The summed E-state index contributed by atoms with van der Waals surface area (Å²) in [6, 6.07) is 13.1. The molecule has 2 aromatic carbocycles. The number of benzene rings is 2. The van der Waals surface area contributed by atoms with Gasteiger partial charge in [-0.15, -0.1) is 12.4 Å². The number of β-amino-alcohol motifs (C(OH)–C–C–N with tert-alkyl or cyclic N) is 1. The predicted octanol–water partition coefficient (Wildman–Crippen LogP) is 4.42. The van der Waals surface area contributed by atoms with Crippen molar-refractivity contribution in [3.63, 3.8) is 0 Å². The maximum Gasteiger partial charge on any atom is 0.146 e. The molecule has 0 bridgehead atoms. The fourth-order valence-electron chi connectivity index (χ4n) is 3.77. The molecule has 2 aromatic rings. The van der Waals surface area contributed by atoms with Crippen LogP contribution >= 0.6 is 12.4 Å². The monoisotopic (exact) mass is 436 g/mol. The van der Waals surface area contributed by atoms with Crippen LogP contribution < -0.4 is 9.64 Å². The van der Waals surface area contributed by atoms with E-state index in [9.17, 15) is 9.50 Å². The fourth-order valence-corrected chi connectivity index (χ4v) is 3.77. The molecule has 0 aromatic heterocycles. The predicted molar refractivity (Wildman–Crippen MR) is 124 cm³/mol. The number of nitrogens with zero attached hydrogens (tertiary/aromatic N) is 2. The summed E-state index contributed by atoms with van der Waals surface area (Å²) >= 11 is 0. The van der Waals surface area contributed by atoms with E-state index in [-0.39, 0.29) is 30.2 Å². The average Bonchev–Trinajstić information content (AvgIpc) is 2.67. The van der Waals surface area contributed by atoms with Crippen LogP contribution in [0.5, 0.6) is 5.75 Å². The molecule has 1 fully saturated rings. The number of halogens is 2. The van der Waals surface area contributed by atoms with Gasteiger partial charge in [-0.05, 0) is 36.1 Å². The molecule has 1 unspecified atom stereocenters. The van der Waals surface area contributed by atoms with Gasteiger partial charge in [0.05, 0.1) is 5.69 Å². The van der Waals surface area contributed by atoms with Gasteiger partial charge in [0.1, 0.15) is 24.3 Å². The number of aryl methyl sites for hydroxylation is 1. The number of hydrogen-bond donors (Lipinski definition) is 1. The van der Waals surface area contributed by atoms with E-state index >= 15 is 0 Å². The fraction of sp³-hybridized carbons (Fsp3) is 0.500. The Hall–Kier alpha value is -1.82. The highest BCUT2D eigenvalue weighted by atomic mass is 35.5. The summed E-state index contributed by atoms with van der Waals surface area (Å²) in [6.07, 6.45) is -0.566. The first-order valence-corrected chi connectivity index (χ1v) is 10.4. The van der Waals surface area contributed by atoms with Crippen molar-refractivity contribution in [1.82, 2.24) is 4.90 Å². The molecule has 3 rings (SSSR count). The lowest BCUT2D eigenvalue weighted by molar-refractivity contribution is 0.0656. The standard InChI is InChI=1S/C24H33FN2O2.ClH/c1-18-9-10-23(20(15-18)24(2,3)4)29-17-19(28)16-26-11-13-27(14-12-26)22-8-6-5-7-21(22)25;/h5-10,15,19,28H,11-14,16-17H2,1-4H3;1H. The number of ether oxygens (including phenoxy) is 1. The van der Waals surface area contributed by atoms with Crippen molar-refractivity contribution in [1.29, 1.82) is 0 Å². The highest BCUT2D eigenvalue weighted by Gasteiger charge is 2.23. The van der Waals surface area contributed by atoms with E-state index in [0.29, 0.717) is 12.2 Å². The highest BCUT2D eigenvalue weighted by Crippen LogP contribution is 2.32. The number of aliphatic hydroxyl groups is 1. The Kier molecular flexibility index (Phi) is 8.53. The minimum Gasteiger partial charge on any atom is -0.491 e. The lowest BCUT2D eigenvalue weighted by atomic mass is 9.85. The van der Waals surface area contributed by atoms with E-state index in [0.717, 1.165) is 37.5 Å². The third-order valence-electron chi connectivity index (χ3n) is 5.41. The number of para-hydroxylation sites is 1. The average molecular weight is 437 g/mol. The van der Waals surface area contributed by atoms with Gasteiger partial charge in [0.15, 0.2) is 0 Å². The largest absolute Gasteiger partial charge is 0.491 e. The van der Waals surface area contributed by atoms with E-state index in [4.69, 9.17) is 4.74 Å². The van der Waals surface area contributed by atoms with Gasteiger partial charge in [-0.3, -0.25) is 4.90 Å². The third-order valence-corrected chi connectivity index (χ3v) is 5.41. The molecule has 6 heteroatoms. The zero-order chi connectivity index (χ0) is 21.0. The van der Waals surface area contributed by atoms with Crippen LogP contribution in [0.2, 0.25) is 0 Å². The molecule has 0 amide bonds. The summed E-state index contributed by atoms with van der Waals surface area (Å²) in [5.74, 6) is 0.661. The summed E-state index contributed by atoms with van der Waals surface area (Å²) in [7, 11) is 0. The van der Waals surface area contributed by atoms with Gasteiger partial charge >= 0.3 is 0 Å². The van der Waals surface area contributed by atoms with Gasteiger partial charge in [0, 0.05) is 32.7 Å². The van der Waals surface area contributed by atoms with Crippen molar-refractivity contribution < 1.29 is 14.2 Å². The minimum atomic E-state index is -0.566. The molecule has 0 spiro atoms. The summed E-state index contributed by atoms with van der Waals surface area (Å²) in [4.78, 5) is 4.28. The van der Waals surface area contributed by atoms with Gasteiger partial charge in [0.2, 0.25) is 0 Å². The molecule has 0 saturated carbocycles. The van der Waals surface area contributed by atoms with Crippen molar-refractivity contribution in [3.8, 4) is 5.75 Å². The summed E-state index contributed by atoms with van der Waals surface area (Å²) in [6.45, 7) is 12.5. The van der Waals surface area contributed by atoms with Gasteiger partial charge in [0.25, 0.3) is 0 Å². The summed E-state index contributed by atoms with van der Waals surface area (Å²) in [5, 5.41) is 10.5. The van der Waals surface area contributed by atoms with Crippen LogP contribution in [-0.4, -0.2) is 55.4 Å². The van der Waals surface area contributed by atoms with Crippen molar-refractivity contribution >= 4 is 18.1 Å². The number of piperazine rings is 1. The van der Waals surface area contributed by atoms with Crippen LogP contribution in [0.4, 0.5) is 10.1 Å². The van der Waals surface area contributed by atoms with Crippen molar-refractivity contribution in [3.05, 3.63) is 59.4 Å². The van der Waals surface area contributed by atoms with Crippen LogP contribution in [-0.2, 0) is 5.41 Å². The van der Waals surface area contributed by atoms with Gasteiger partial charge in [-0.2, -0.15) is 0 Å². The van der Waals surface area contributed by atoms with E-state index in [1.165, 1.54) is 11.6 Å². The quantitative estimate of drug-likeness (QED) is 0.727. The molecular weight excluding hydrogens is 403 g/mol. The van der Waals surface area contributed by atoms with E-state index in [1.54, 1.807) is 6.07 Å². The summed E-state index contributed by atoms with van der Waals surface area (Å²) in [5.41, 5.74) is 3.00. The molecule has 30 heavy (non-hydrogen) atoms. The SMILES string of the molecule is Cc1ccc(OCC(O)CN2CCN(c3ccccc3F)CC2)c(C(C)(C)C)c1.Cl. The van der Waals surface area contributed by atoms with Gasteiger partial charge < -0.3 is 14.7 Å². The third kappa shape index (κ3) is 6.34. The number of rotatable bonds is 6. The molecule has 4 nitrogen and oxygen atoms in total. The topological polar surface area (TPSA) is 35.9 Å². The van der Waals surface area contributed by atoms with Crippen LogP contribution in [0.3, 0.4) is 0 Å². The van der Waals surface area contributed by atoms with Crippen LogP contribution in [0.15, 0.2) is 42.5 Å². The molecule has 0 aliphatic carbocycles. The van der Waals surface area contributed by atoms with Gasteiger partial charge in [-0.25, -0.2) is 4.39 Å². The smallest absolute Gasteiger partial charge is 0.146 e. The maximum atomic E-state index is 14.0. The molecule has 166 valence electrons. The van der Waals surface area contributed by atoms with Crippen molar-refractivity contribution in [2.24, 2.45) is 0 Å². The van der Waals surface area contributed by atoms with E-state index < -0.39 is 6.10 Å². The van der Waals surface area contributed by atoms with Crippen molar-refractivity contribution in [2.45, 2.75) is 39.2 Å². The van der Waals surface area contributed by atoms with Crippen LogP contribution in [0.1, 0.15) is 31.9 Å². The Morgan fingerprint density at radius 1 is 1.07 bits per heavy atom. The molecule has 0 radical (unpaired) electrons. The Balaban J connectivity index is 0.00000320. The van der Waals surface area contributed by atoms with E-state index in [1.807, 2.05) is 24.3 Å². The molecule has 1 N–H and O–H groups in total. The number of anilines is 1. The van der Waals surface area contributed by atoms with Crippen molar-refractivity contribution in [2.75, 3.05) is 44.2 Å². The van der Waals surface area contributed by atoms with Crippen LogP contribution in [0, 0.1) is 12.7 Å². The zero-order valence-corrected chi connectivity index (χ0v) is 19.2. The molecule has 1 atom stereocenters. The number of aliphatic hydroxyl groups excluding tert-OH is 1. The molecule has 1 aliphatic rings. The normalized spacial score (nSPS) is 16.1. The van der Waals surface area contributed by atoms with E-state index in [2.05, 4.69) is 43.6 Å². The second-order valence-electron chi connectivity index (χ2n) is 8.95. The molecular formula is C24H34ClFN2O2. The second-order valence-corrected chi connectivity index (χ2v) is 8.95. The first kappa shape index (κ1) is 24.4. The molecule has 1 heterocycles. The molecule has 1 aliphatic heterocycles. The lowest BCUT2D eigenvalue weighted by Gasteiger charge is -2.37. The minimum absolute atomic E-state index is 0. The first-order valence-electron chi connectivity index (χ1n) is 10.4. The highest BCUT2D eigenvalue weighted by molar-refractivity contribution is 5.85. The number of hydrogen-bond acceptors (Lipinski definition) is 4. The summed E-state index contributed by atoms with van der Waals surface area (Å²) < 4.78 is 20.0. The Morgan fingerprint density at radius 2 is 1.73 bits per heavy atom. The van der Waals surface area contributed by atoms with Gasteiger partial charge in [-0.1, -0.05) is 50.6 Å².